The van der Waals surface area contributed by atoms with Crippen molar-refractivity contribution in [1.82, 2.24) is 0 Å². The molecule has 0 unspecified atom stereocenters. The van der Waals surface area contributed by atoms with E-state index in [1.54, 1.807) is 18.2 Å². The maximum Gasteiger partial charge on any atom is 0.200 e. The summed E-state index contributed by atoms with van der Waals surface area (Å²) in [6, 6.07) is 9.93. The molecule has 1 aliphatic heterocycles. The van der Waals surface area contributed by atoms with Crippen LogP contribution in [0.2, 0.25) is 0 Å². The molecule has 0 saturated carbocycles. The summed E-state index contributed by atoms with van der Waals surface area (Å²) >= 11 is 0. The van der Waals surface area contributed by atoms with Crippen molar-refractivity contribution in [1.29, 1.82) is 0 Å². The fourth-order valence-electron chi connectivity index (χ4n) is 2.36. The molecule has 0 bridgehead atoms. The van der Waals surface area contributed by atoms with Gasteiger partial charge in [-0.05, 0) is 0 Å². The molecule has 0 amide bonds. The number of aldehydes is 1. The highest BCUT2D eigenvalue weighted by atomic mass is 16.5. The summed E-state index contributed by atoms with van der Waals surface area (Å²) in [6.07, 6.45) is 0.761. The Kier molecular flexibility index (Phi) is 3.83. The molecule has 1 aromatic carbocycles. The van der Waals surface area contributed by atoms with E-state index in [2.05, 4.69) is 0 Å². The van der Waals surface area contributed by atoms with E-state index < -0.39 is 0 Å². The molecule has 0 N–H and O–H groups in total. The van der Waals surface area contributed by atoms with E-state index in [1.165, 1.54) is 12.1 Å². The lowest BCUT2D eigenvalue weighted by molar-refractivity contribution is 0.112. The van der Waals surface area contributed by atoms with Crippen molar-refractivity contribution < 1.29 is 13.9 Å². The standard InChI is InChI=1S/C16H15NO4/c18-11-12-3-1-2-4-14(12)15-9-13(19)10-16(21-15)17-5-7-20-8-6-17/h1-4,9-11H,5-8H2. The number of anilines is 1. The molecule has 21 heavy (non-hydrogen) atoms. The Morgan fingerprint density at radius 3 is 2.62 bits per heavy atom. The van der Waals surface area contributed by atoms with E-state index in [0.29, 0.717) is 49.1 Å². The topological polar surface area (TPSA) is 59.8 Å². The van der Waals surface area contributed by atoms with Gasteiger partial charge in [-0.3, -0.25) is 9.59 Å². The summed E-state index contributed by atoms with van der Waals surface area (Å²) < 4.78 is 11.1. The average Bonchev–Trinajstić information content (AvgIpc) is 2.55. The number of morpholine rings is 1. The van der Waals surface area contributed by atoms with E-state index in [-0.39, 0.29) is 5.43 Å². The summed E-state index contributed by atoms with van der Waals surface area (Å²) in [5.41, 5.74) is 0.984. The molecule has 1 aromatic heterocycles. The number of benzene rings is 1. The maximum atomic E-state index is 11.9. The predicted octanol–water partition coefficient (Wildman–Crippen LogP) is 1.96. The number of carbonyl (C=O) groups excluding carboxylic acids is 1. The third-order valence-electron chi connectivity index (χ3n) is 3.43. The van der Waals surface area contributed by atoms with Gasteiger partial charge in [-0.2, -0.15) is 0 Å². The molecule has 5 heteroatoms. The highest BCUT2D eigenvalue weighted by Crippen LogP contribution is 2.25. The second kappa shape index (κ2) is 5.93. The van der Waals surface area contributed by atoms with Crippen molar-refractivity contribution in [3.8, 4) is 11.3 Å². The van der Waals surface area contributed by atoms with Crippen molar-refractivity contribution in [2.45, 2.75) is 0 Å². The number of carbonyl (C=O) groups is 1. The molecule has 0 atom stereocenters. The van der Waals surface area contributed by atoms with Gasteiger partial charge in [0.2, 0.25) is 0 Å². The average molecular weight is 285 g/mol. The van der Waals surface area contributed by atoms with Crippen LogP contribution in [0.5, 0.6) is 0 Å². The minimum atomic E-state index is -0.140. The van der Waals surface area contributed by atoms with Crippen LogP contribution >= 0.6 is 0 Å². The zero-order valence-corrected chi connectivity index (χ0v) is 11.5. The van der Waals surface area contributed by atoms with Gasteiger partial charge in [0.05, 0.1) is 13.2 Å². The second-order valence-corrected chi connectivity index (χ2v) is 4.80. The van der Waals surface area contributed by atoms with E-state index in [4.69, 9.17) is 9.15 Å². The van der Waals surface area contributed by atoms with Gasteiger partial charge in [0.15, 0.2) is 17.6 Å². The fourth-order valence-corrected chi connectivity index (χ4v) is 2.36. The predicted molar refractivity (Wildman–Crippen MR) is 78.8 cm³/mol. The zero-order valence-electron chi connectivity index (χ0n) is 11.5. The van der Waals surface area contributed by atoms with Gasteiger partial charge in [-0.1, -0.05) is 24.3 Å². The lowest BCUT2D eigenvalue weighted by Gasteiger charge is -2.27. The van der Waals surface area contributed by atoms with Crippen molar-refractivity contribution in [3.05, 3.63) is 52.2 Å². The van der Waals surface area contributed by atoms with Gasteiger partial charge in [-0.15, -0.1) is 0 Å². The van der Waals surface area contributed by atoms with Crippen LogP contribution in [-0.2, 0) is 4.74 Å². The van der Waals surface area contributed by atoms with Crippen LogP contribution in [0.25, 0.3) is 11.3 Å². The molecular formula is C16H15NO4. The van der Waals surface area contributed by atoms with Crippen LogP contribution < -0.4 is 10.3 Å². The number of hydrogen-bond donors (Lipinski definition) is 0. The van der Waals surface area contributed by atoms with Gasteiger partial charge in [-0.25, -0.2) is 0 Å². The van der Waals surface area contributed by atoms with E-state index in [0.717, 1.165) is 6.29 Å². The molecular weight excluding hydrogens is 270 g/mol. The monoisotopic (exact) mass is 285 g/mol. The Bertz CT molecular complexity index is 701. The largest absolute Gasteiger partial charge is 0.440 e. The van der Waals surface area contributed by atoms with Crippen LogP contribution in [-0.4, -0.2) is 32.6 Å². The van der Waals surface area contributed by atoms with Gasteiger partial charge in [0.1, 0.15) is 5.76 Å². The molecule has 0 radical (unpaired) electrons. The molecule has 3 rings (SSSR count). The molecule has 1 saturated heterocycles. The summed E-state index contributed by atoms with van der Waals surface area (Å²) in [5, 5.41) is 0. The third kappa shape index (κ3) is 2.87. The van der Waals surface area contributed by atoms with Crippen molar-refractivity contribution in [2.75, 3.05) is 31.2 Å². The van der Waals surface area contributed by atoms with Crippen molar-refractivity contribution >= 4 is 12.2 Å². The van der Waals surface area contributed by atoms with Crippen LogP contribution in [0.3, 0.4) is 0 Å². The first-order chi connectivity index (χ1) is 10.3. The first-order valence-corrected chi connectivity index (χ1v) is 6.80. The van der Waals surface area contributed by atoms with E-state index in [1.807, 2.05) is 11.0 Å². The fraction of sp³-hybridized carbons (Fsp3) is 0.250. The summed E-state index contributed by atoms with van der Waals surface area (Å²) in [5.74, 6) is 0.924. The molecule has 0 aliphatic carbocycles. The summed E-state index contributed by atoms with van der Waals surface area (Å²) in [4.78, 5) is 25.0. The van der Waals surface area contributed by atoms with E-state index >= 15 is 0 Å². The highest BCUT2D eigenvalue weighted by Gasteiger charge is 2.16. The van der Waals surface area contributed by atoms with Crippen molar-refractivity contribution in [3.63, 3.8) is 0 Å². The van der Waals surface area contributed by atoms with Gasteiger partial charge >= 0.3 is 0 Å². The quantitative estimate of drug-likeness (QED) is 0.807. The van der Waals surface area contributed by atoms with Gasteiger partial charge < -0.3 is 14.1 Å². The van der Waals surface area contributed by atoms with Crippen molar-refractivity contribution in [2.24, 2.45) is 0 Å². The normalized spacial score (nSPS) is 15.0. The zero-order chi connectivity index (χ0) is 14.7. The molecule has 2 heterocycles. The molecule has 1 aliphatic rings. The number of ether oxygens (including phenoxy) is 1. The molecule has 5 nitrogen and oxygen atoms in total. The Balaban J connectivity index is 2.05. The van der Waals surface area contributed by atoms with Crippen LogP contribution in [0.15, 0.2) is 45.6 Å². The number of hydrogen-bond acceptors (Lipinski definition) is 5. The Morgan fingerprint density at radius 2 is 1.86 bits per heavy atom. The summed E-state index contributed by atoms with van der Waals surface area (Å²) in [7, 11) is 0. The Labute approximate surface area is 121 Å². The highest BCUT2D eigenvalue weighted by molar-refractivity contribution is 5.86. The lowest BCUT2D eigenvalue weighted by Crippen LogP contribution is -2.36. The Hall–Kier alpha value is -2.40. The van der Waals surface area contributed by atoms with E-state index in [9.17, 15) is 9.59 Å². The summed E-state index contributed by atoms with van der Waals surface area (Å²) in [6.45, 7) is 2.58. The van der Waals surface area contributed by atoms with Gasteiger partial charge in [0.25, 0.3) is 0 Å². The van der Waals surface area contributed by atoms with Crippen LogP contribution in [0, 0.1) is 0 Å². The minimum absolute atomic E-state index is 0.140. The smallest absolute Gasteiger partial charge is 0.200 e. The van der Waals surface area contributed by atoms with Gasteiger partial charge in [0, 0.05) is 36.3 Å². The number of nitrogens with zero attached hydrogens (tertiary/aromatic N) is 1. The van der Waals surface area contributed by atoms with Crippen LogP contribution in [0.4, 0.5) is 5.88 Å². The minimum Gasteiger partial charge on any atom is -0.440 e. The maximum absolute atomic E-state index is 11.9. The molecule has 0 spiro atoms. The Morgan fingerprint density at radius 1 is 1.10 bits per heavy atom. The molecule has 1 fully saturated rings. The number of rotatable bonds is 3. The first kappa shape index (κ1) is 13.6. The second-order valence-electron chi connectivity index (χ2n) is 4.80. The SMILES string of the molecule is O=Cc1ccccc1-c1cc(=O)cc(N2CCOCC2)o1. The molecule has 2 aromatic rings. The first-order valence-electron chi connectivity index (χ1n) is 6.80. The third-order valence-corrected chi connectivity index (χ3v) is 3.43. The lowest BCUT2D eigenvalue weighted by atomic mass is 10.1. The molecule has 108 valence electrons. The van der Waals surface area contributed by atoms with Crippen LogP contribution in [0.1, 0.15) is 10.4 Å².